The van der Waals surface area contributed by atoms with Gasteiger partial charge in [-0.15, -0.1) is 0 Å². The number of rotatable bonds is 0. The van der Waals surface area contributed by atoms with E-state index in [2.05, 4.69) is 0 Å². The van der Waals surface area contributed by atoms with E-state index in [1.165, 1.54) is 0 Å². The van der Waals surface area contributed by atoms with E-state index in [0.29, 0.717) is 0 Å². The average molecular weight is 510 g/mol. The van der Waals surface area contributed by atoms with Crippen molar-refractivity contribution in [2.45, 2.75) is 0 Å². The van der Waals surface area contributed by atoms with Gasteiger partial charge in [0, 0.05) is 0 Å². The molecule has 0 heterocycles. The van der Waals surface area contributed by atoms with Gasteiger partial charge in [0.05, 0.1) is 0 Å². The molecule has 0 radical (unpaired) electrons. The number of carbonyl (C=O) groups is 3. The van der Waals surface area contributed by atoms with Crippen LogP contribution >= 0.6 is 0 Å². The first-order chi connectivity index (χ1) is 5.20. The molecule has 9 nitrogen and oxygen atoms in total. The van der Waals surface area contributed by atoms with Gasteiger partial charge in [-0.2, -0.15) is 0 Å². The smallest absolute Gasteiger partial charge is 0.652 e. The second-order valence-corrected chi connectivity index (χ2v) is 0.750. The van der Waals surface area contributed by atoms with Gasteiger partial charge < -0.3 is 45.0 Å². The van der Waals surface area contributed by atoms with E-state index in [1.54, 1.807) is 0 Å². The minimum absolute atomic E-state index is 0. The third kappa shape index (κ3) is 14600. The van der Waals surface area contributed by atoms with E-state index in [-0.39, 0.29) is 75.5 Å². The number of carboxylic acid groups (broad SMARTS) is 6. The Balaban J connectivity index is -0.0000000270. The second-order valence-electron chi connectivity index (χ2n) is 0.750. The van der Waals surface area contributed by atoms with Crippen LogP contribution in [0.2, 0.25) is 0 Å². The van der Waals surface area contributed by atoms with Crippen LogP contribution < -0.4 is 30.6 Å². The molecule has 0 N–H and O–H groups in total. The van der Waals surface area contributed by atoms with Crippen molar-refractivity contribution in [3.63, 3.8) is 0 Å². The Morgan fingerprint density at radius 2 is 0.500 bits per heavy atom. The van der Waals surface area contributed by atoms with Gasteiger partial charge in [0.25, 0.3) is 0 Å². The Morgan fingerprint density at radius 1 is 0.500 bits per heavy atom. The Morgan fingerprint density at radius 3 is 0.500 bits per heavy atom. The zero-order chi connectivity index (χ0) is 10.7. The summed E-state index contributed by atoms with van der Waals surface area (Å²) in [5, 5.41) is 50.0. The monoisotopic (exact) mass is 510 g/mol. The summed E-state index contributed by atoms with van der Waals surface area (Å²) < 4.78 is 0. The van der Waals surface area contributed by atoms with Crippen LogP contribution in [0.25, 0.3) is 0 Å². The van der Waals surface area contributed by atoms with Crippen molar-refractivity contribution in [2.75, 3.05) is 0 Å². The standard InChI is InChI=1S/3CH2O3.2Ho/c3*2-1(3)4;;/h3*(H2,2,3,4);;/q;;;2*+3/p-6. The fraction of sp³-hybridized carbons (Fsp3) is 0. The molecule has 0 aromatic rings. The fourth-order valence-corrected chi connectivity index (χ4v) is 0. The predicted molar refractivity (Wildman–Crippen MR) is 16.2 cm³/mol. The molecule has 0 spiro atoms. The summed E-state index contributed by atoms with van der Waals surface area (Å²) in [6, 6.07) is 0. The first kappa shape index (κ1) is 29.3. The Kier molecular flexibility index (Phi) is 48.6. The summed E-state index contributed by atoms with van der Waals surface area (Å²) in [7, 11) is 0. The zero-order valence-corrected chi connectivity index (χ0v) is 9.65. The van der Waals surface area contributed by atoms with Crippen LogP contribution in [0.1, 0.15) is 0 Å². The Bertz CT molecular complexity index is 116. The summed E-state index contributed by atoms with van der Waals surface area (Å²) in [5.74, 6) is 0. The summed E-state index contributed by atoms with van der Waals surface area (Å²) in [4.78, 5) is 25.0. The van der Waals surface area contributed by atoms with Gasteiger partial charge >= 0.3 is 75.5 Å². The van der Waals surface area contributed by atoms with Crippen LogP contribution in [0.5, 0.6) is 0 Å². The number of hydrogen-bond acceptors (Lipinski definition) is 9. The van der Waals surface area contributed by atoms with Crippen molar-refractivity contribution in [2.24, 2.45) is 0 Å². The maximum absolute atomic E-state index is 8.33. The van der Waals surface area contributed by atoms with Crippen molar-refractivity contribution in [3.05, 3.63) is 0 Å². The fourth-order valence-electron chi connectivity index (χ4n) is 0. The summed E-state index contributed by atoms with van der Waals surface area (Å²) >= 11 is 0. The number of carbonyl (C=O) groups excluding carboxylic acids is 3. The maximum Gasteiger partial charge on any atom is 3.00 e. The maximum atomic E-state index is 8.33. The van der Waals surface area contributed by atoms with Crippen LogP contribution in [-0.4, -0.2) is 18.5 Å². The van der Waals surface area contributed by atoms with Crippen molar-refractivity contribution in [1.82, 2.24) is 0 Å². The molecule has 0 aromatic carbocycles. The normalized spacial score (nSPS) is 5.14. The Hall–Kier alpha value is 0.329. The predicted octanol–water partition coefficient (Wildman–Crippen LogP) is -7.34. The Labute approximate surface area is 137 Å². The molecule has 0 aliphatic carbocycles. The average Bonchev–Trinajstić information content (AvgIpc) is 1.54. The summed E-state index contributed by atoms with van der Waals surface area (Å²) in [6.45, 7) is 0. The van der Waals surface area contributed by atoms with E-state index in [9.17, 15) is 0 Å². The van der Waals surface area contributed by atoms with Crippen LogP contribution in [-0.2, 0) is 0 Å². The van der Waals surface area contributed by atoms with Crippen LogP contribution in [0, 0.1) is 75.5 Å². The largest absolute Gasteiger partial charge is 3.00 e. The quantitative estimate of drug-likeness (QED) is 0.285. The molecule has 0 bridgehead atoms. The second kappa shape index (κ2) is 23.3. The van der Waals surface area contributed by atoms with E-state index >= 15 is 0 Å². The molecule has 0 unspecified atom stereocenters. The zero-order valence-electron chi connectivity index (χ0n) is 5.78. The van der Waals surface area contributed by atoms with Gasteiger partial charge in [0.2, 0.25) is 0 Å². The first-order valence-electron chi connectivity index (χ1n) is 1.84. The molecule has 11 heteroatoms. The van der Waals surface area contributed by atoms with Crippen molar-refractivity contribution >= 4 is 18.5 Å². The molecule has 0 fully saturated rings. The van der Waals surface area contributed by atoms with Crippen LogP contribution in [0.3, 0.4) is 0 Å². The molecule has 0 aliphatic heterocycles. The van der Waals surface area contributed by atoms with E-state index in [0.717, 1.165) is 0 Å². The molecule has 0 aliphatic rings. The van der Waals surface area contributed by atoms with Gasteiger partial charge in [0.1, 0.15) is 0 Å². The molecular weight excluding hydrogens is 510 g/mol. The van der Waals surface area contributed by atoms with Gasteiger partial charge in [-0.1, -0.05) is 0 Å². The summed E-state index contributed by atoms with van der Waals surface area (Å²) in [6.07, 6.45) is -7.00. The molecular formula is C3Ho2O9. The van der Waals surface area contributed by atoms with Gasteiger partial charge in [-0.25, -0.2) is 0 Å². The first-order valence-corrected chi connectivity index (χ1v) is 1.84. The van der Waals surface area contributed by atoms with Gasteiger partial charge in [-0.3, -0.25) is 0 Å². The van der Waals surface area contributed by atoms with E-state index in [4.69, 9.17) is 45.0 Å². The number of hydrogen-bond donors (Lipinski definition) is 0. The minimum atomic E-state index is -2.33. The third-order valence-electron chi connectivity index (χ3n) is 0. The summed E-state index contributed by atoms with van der Waals surface area (Å²) in [5.41, 5.74) is 0. The third-order valence-corrected chi connectivity index (χ3v) is 0. The molecule has 88 valence electrons. The van der Waals surface area contributed by atoms with Gasteiger partial charge in [0.15, 0.2) is 0 Å². The van der Waals surface area contributed by atoms with Crippen molar-refractivity contribution in [1.29, 1.82) is 0 Å². The molecule has 0 aromatic heterocycles. The van der Waals surface area contributed by atoms with Crippen LogP contribution in [0.4, 0.5) is 14.4 Å². The van der Waals surface area contributed by atoms with E-state index < -0.39 is 18.5 Å². The molecule has 0 amide bonds. The van der Waals surface area contributed by atoms with Crippen LogP contribution in [0.15, 0.2) is 0 Å². The molecule has 0 saturated carbocycles. The topological polar surface area (TPSA) is 190 Å². The minimum Gasteiger partial charge on any atom is -0.652 e. The molecule has 0 atom stereocenters. The SMILES string of the molecule is O=C([O-])[O-].O=C([O-])[O-].O=C([O-])[O-].[Ho+3].[Ho+3]. The van der Waals surface area contributed by atoms with Gasteiger partial charge in [-0.05, 0) is 18.5 Å². The molecule has 0 rings (SSSR count). The van der Waals surface area contributed by atoms with Crippen molar-refractivity contribution < 1.29 is 120 Å². The van der Waals surface area contributed by atoms with E-state index in [1.807, 2.05) is 0 Å². The molecule has 14 heavy (non-hydrogen) atoms. The van der Waals surface area contributed by atoms with Crippen molar-refractivity contribution in [3.8, 4) is 0 Å². The molecule has 0 saturated heterocycles.